The van der Waals surface area contributed by atoms with Crippen LogP contribution in [0.2, 0.25) is 0 Å². The van der Waals surface area contributed by atoms with E-state index >= 15 is 0 Å². The Morgan fingerprint density at radius 3 is 2.84 bits per heavy atom. The van der Waals surface area contributed by atoms with E-state index in [1.165, 1.54) is 30.3 Å². The van der Waals surface area contributed by atoms with Crippen molar-refractivity contribution in [2.75, 3.05) is 23.7 Å². The minimum Gasteiger partial charge on any atom is -0.397 e. The Kier molecular flexibility index (Phi) is 3.28. The third kappa shape index (κ3) is 2.25. The van der Waals surface area contributed by atoms with Crippen LogP contribution >= 0.6 is 0 Å². The van der Waals surface area contributed by atoms with Gasteiger partial charge in [-0.25, -0.2) is 0 Å². The largest absolute Gasteiger partial charge is 0.397 e. The molecule has 1 saturated carbocycles. The second-order valence-corrected chi connectivity index (χ2v) is 5.41. The molecule has 0 unspecified atom stereocenters. The zero-order valence-electron chi connectivity index (χ0n) is 11.5. The Morgan fingerprint density at radius 2 is 2.16 bits per heavy atom. The molecule has 1 fully saturated rings. The fourth-order valence-corrected chi connectivity index (χ4v) is 2.84. The van der Waals surface area contributed by atoms with Gasteiger partial charge in [-0.15, -0.1) is 0 Å². The monoisotopic (exact) mass is 255 g/mol. The highest BCUT2D eigenvalue weighted by atomic mass is 15.1. The topological polar surface area (TPSA) is 42.2 Å². The molecule has 19 heavy (non-hydrogen) atoms. The van der Waals surface area contributed by atoms with Gasteiger partial charge in [0.25, 0.3) is 0 Å². The van der Waals surface area contributed by atoms with Crippen LogP contribution < -0.4 is 10.6 Å². The summed E-state index contributed by atoms with van der Waals surface area (Å²) in [7, 11) is 0. The van der Waals surface area contributed by atoms with E-state index in [-0.39, 0.29) is 0 Å². The highest BCUT2D eigenvalue weighted by molar-refractivity contribution is 5.97. The van der Waals surface area contributed by atoms with Crippen molar-refractivity contribution >= 4 is 22.3 Å². The van der Waals surface area contributed by atoms with E-state index in [9.17, 15) is 0 Å². The van der Waals surface area contributed by atoms with Gasteiger partial charge in [-0.3, -0.25) is 4.98 Å². The molecule has 1 aliphatic carbocycles. The molecular formula is C16H21N3. The highest BCUT2D eigenvalue weighted by Crippen LogP contribution is 2.32. The van der Waals surface area contributed by atoms with Crippen LogP contribution in [0.5, 0.6) is 0 Å². The van der Waals surface area contributed by atoms with Gasteiger partial charge in [0.1, 0.15) is 0 Å². The maximum atomic E-state index is 6.02. The number of rotatable bonds is 4. The van der Waals surface area contributed by atoms with Gasteiger partial charge in [0, 0.05) is 30.4 Å². The number of hydrogen-bond donors (Lipinski definition) is 1. The minimum absolute atomic E-state index is 0.763. The summed E-state index contributed by atoms with van der Waals surface area (Å²) in [6.45, 7) is 4.41. The maximum absolute atomic E-state index is 6.02. The summed E-state index contributed by atoms with van der Waals surface area (Å²) in [4.78, 5) is 6.89. The SMILES string of the molecule is CCN(CC1CCC1)c1ccnc2c(N)cccc12. The van der Waals surface area contributed by atoms with Gasteiger partial charge >= 0.3 is 0 Å². The second kappa shape index (κ2) is 5.08. The highest BCUT2D eigenvalue weighted by Gasteiger charge is 2.21. The molecular weight excluding hydrogens is 234 g/mol. The summed E-state index contributed by atoms with van der Waals surface area (Å²) in [6, 6.07) is 8.17. The lowest BCUT2D eigenvalue weighted by atomic mass is 9.85. The van der Waals surface area contributed by atoms with Gasteiger partial charge in [-0.05, 0) is 37.8 Å². The maximum Gasteiger partial charge on any atom is 0.0951 e. The molecule has 0 saturated heterocycles. The Bertz CT molecular complexity index is 575. The number of nitrogens with zero attached hydrogens (tertiary/aromatic N) is 2. The van der Waals surface area contributed by atoms with Gasteiger partial charge in [-0.1, -0.05) is 18.6 Å². The molecule has 0 radical (unpaired) electrons. The summed E-state index contributed by atoms with van der Waals surface area (Å²) in [6.07, 6.45) is 6.02. The number of nitrogen functional groups attached to an aromatic ring is 1. The van der Waals surface area contributed by atoms with Crippen molar-refractivity contribution in [2.45, 2.75) is 26.2 Å². The molecule has 0 aliphatic heterocycles. The predicted octanol–water partition coefficient (Wildman–Crippen LogP) is 3.44. The molecule has 1 aromatic heterocycles. The third-order valence-corrected chi connectivity index (χ3v) is 4.20. The predicted molar refractivity (Wildman–Crippen MR) is 81.4 cm³/mol. The van der Waals surface area contributed by atoms with Crippen LogP contribution in [-0.4, -0.2) is 18.1 Å². The molecule has 1 heterocycles. The van der Waals surface area contributed by atoms with Gasteiger partial charge in [0.15, 0.2) is 0 Å². The number of hydrogen-bond acceptors (Lipinski definition) is 3. The Labute approximate surface area is 114 Å². The summed E-state index contributed by atoms with van der Waals surface area (Å²) in [5.41, 5.74) is 8.98. The van der Waals surface area contributed by atoms with E-state index < -0.39 is 0 Å². The molecule has 0 spiro atoms. The zero-order valence-corrected chi connectivity index (χ0v) is 11.5. The van der Waals surface area contributed by atoms with Crippen LogP contribution in [0.3, 0.4) is 0 Å². The molecule has 0 atom stereocenters. The number of aromatic nitrogens is 1. The Morgan fingerprint density at radius 1 is 1.32 bits per heavy atom. The van der Waals surface area contributed by atoms with Crippen LogP contribution in [0.1, 0.15) is 26.2 Å². The van der Waals surface area contributed by atoms with Crippen molar-refractivity contribution < 1.29 is 0 Å². The Hall–Kier alpha value is -1.77. The van der Waals surface area contributed by atoms with E-state index in [0.29, 0.717) is 0 Å². The van der Waals surface area contributed by atoms with Crippen molar-refractivity contribution in [3.63, 3.8) is 0 Å². The van der Waals surface area contributed by atoms with Crippen molar-refractivity contribution in [3.8, 4) is 0 Å². The van der Waals surface area contributed by atoms with Crippen molar-refractivity contribution in [1.29, 1.82) is 0 Å². The van der Waals surface area contributed by atoms with Gasteiger partial charge in [0.05, 0.1) is 11.2 Å². The van der Waals surface area contributed by atoms with Gasteiger partial charge < -0.3 is 10.6 Å². The first kappa shape index (κ1) is 12.3. The first-order valence-electron chi connectivity index (χ1n) is 7.17. The molecule has 0 bridgehead atoms. The Balaban J connectivity index is 1.99. The standard InChI is InChI=1S/C16H21N3/c1-2-19(11-12-5-3-6-12)15-9-10-18-16-13(15)7-4-8-14(16)17/h4,7-10,12H,2-3,5-6,11,17H2,1H3. The van der Waals surface area contributed by atoms with Gasteiger partial charge in [-0.2, -0.15) is 0 Å². The van der Waals surface area contributed by atoms with Crippen LogP contribution in [0.15, 0.2) is 30.5 Å². The number of pyridine rings is 1. The molecule has 3 rings (SSSR count). The number of para-hydroxylation sites is 1. The smallest absolute Gasteiger partial charge is 0.0951 e. The third-order valence-electron chi connectivity index (χ3n) is 4.20. The first-order chi connectivity index (χ1) is 9.29. The minimum atomic E-state index is 0.763. The molecule has 2 N–H and O–H groups in total. The van der Waals surface area contributed by atoms with Crippen molar-refractivity contribution in [2.24, 2.45) is 5.92 Å². The molecule has 100 valence electrons. The summed E-state index contributed by atoms with van der Waals surface area (Å²) >= 11 is 0. The number of nitrogens with two attached hydrogens (primary N) is 1. The number of benzene rings is 1. The molecule has 1 aliphatic rings. The molecule has 0 amide bonds. The molecule has 2 aromatic rings. The van der Waals surface area contributed by atoms with Gasteiger partial charge in [0.2, 0.25) is 0 Å². The zero-order chi connectivity index (χ0) is 13.2. The van der Waals surface area contributed by atoms with Crippen LogP contribution in [-0.2, 0) is 0 Å². The quantitative estimate of drug-likeness (QED) is 0.851. The average Bonchev–Trinajstić information content (AvgIpc) is 2.38. The van der Waals surface area contributed by atoms with E-state index in [1.807, 2.05) is 18.3 Å². The summed E-state index contributed by atoms with van der Waals surface area (Å²) in [5, 5.41) is 1.17. The average molecular weight is 255 g/mol. The normalized spacial score (nSPS) is 15.4. The van der Waals surface area contributed by atoms with Crippen LogP contribution in [0, 0.1) is 5.92 Å². The lowest BCUT2D eigenvalue weighted by molar-refractivity contribution is 0.318. The summed E-state index contributed by atoms with van der Waals surface area (Å²) in [5.74, 6) is 0.865. The fraction of sp³-hybridized carbons (Fsp3) is 0.438. The van der Waals surface area contributed by atoms with E-state index in [4.69, 9.17) is 5.73 Å². The van der Waals surface area contributed by atoms with Crippen molar-refractivity contribution in [3.05, 3.63) is 30.5 Å². The summed E-state index contributed by atoms with van der Waals surface area (Å²) < 4.78 is 0. The van der Waals surface area contributed by atoms with Crippen LogP contribution in [0.4, 0.5) is 11.4 Å². The second-order valence-electron chi connectivity index (χ2n) is 5.41. The number of anilines is 2. The molecule has 1 aromatic carbocycles. The molecule has 3 nitrogen and oxygen atoms in total. The van der Waals surface area contributed by atoms with E-state index in [0.717, 1.165) is 30.2 Å². The van der Waals surface area contributed by atoms with Crippen LogP contribution in [0.25, 0.3) is 10.9 Å². The van der Waals surface area contributed by atoms with E-state index in [1.54, 1.807) is 0 Å². The number of fused-ring (bicyclic) bond motifs is 1. The van der Waals surface area contributed by atoms with Crippen molar-refractivity contribution in [1.82, 2.24) is 4.98 Å². The first-order valence-corrected chi connectivity index (χ1v) is 7.17. The fourth-order valence-electron chi connectivity index (χ4n) is 2.84. The lowest BCUT2D eigenvalue weighted by Crippen LogP contribution is -2.32. The molecule has 3 heteroatoms. The van der Waals surface area contributed by atoms with E-state index in [2.05, 4.69) is 28.9 Å². The lowest BCUT2D eigenvalue weighted by Gasteiger charge is -2.33.